The lowest BCUT2D eigenvalue weighted by Crippen LogP contribution is -2.11. The molecule has 0 aliphatic rings. The molecule has 0 amide bonds. The highest BCUT2D eigenvalue weighted by Gasteiger charge is 2.15. The van der Waals surface area contributed by atoms with E-state index in [1.54, 1.807) is 17.1 Å². The highest BCUT2D eigenvalue weighted by Crippen LogP contribution is 2.26. The molecular formula is C19H20FN5O. The minimum atomic E-state index is -0.983. The predicted octanol–water partition coefficient (Wildman–Crippen LogP) is 3.51. The van der Waals surface area contributed by atoms with Gasteiger partial charge in [-0.1, -0.05) is 6.07 Å². The normalized spacial score (nSPS) is 13.2. The lowest BCUT2D eigenvalue weighted by atomic mass is 10.0. The SMILES string of the molecule is CC(=O)c1nn(CC(C)=NCC(C)F)c2ccc(-c3ccnnc3)cc12. The molecule has 2 heterocycles. The molecule has 0 fully saturated rings. The first-order valence-electron chi connectivity index (χ1n) is 8.38. The van der Waals surface area contributed by atoms with E-state index in [0.29, 0.717) is 12.2 Å². The number of nitrogens with zero attached hydrogens (tertiary/aromatic N) is 5. The molecule has 6 nitrogen and oxygen atoms in total. The van der Waals surface area contributed by atoms with E-state index in [4.69, 9.17) is 0 Å². The molecule has 134 valence electrons. The molecule has 0 spiro atoms. The van der Waals surface area contributed by atoms with Gasteiger partial charge < -0.3 is 0 Å². The van der Waals surface area contributed by atoms with Gasteiger partial charge in [0.2, 0.25) is 0 Å². The van der Waals surface area contributed by atoms with Gasteiger partial charge in [-0.2, -0.15) is 15.3 Å². The smallest absolute Gasteiger partial charge is 0.180 e. The van der Waals surface area contributed by atoms with Crippen molar-refractivity contribution in [3.63, 3.8) is 0 Å². The third-order valence-electron chi connectivity index (χ3n) is 3.99. The number of alkyl halides is 1. The number of benzene rings is 1. The van der Waals surface area contributed by atoms with E-state index in [1.807, 2.05) is 31.2 Å². The lowest BCUT2D eigenvalue weighted by Gasteiger charge is -2.05. The van der Waals surface area contributed by atoms with Gasteiger partial charge in [0.05, 0.1) is 31.0 Å². The highest BCUT2D eigenvalue weighted by atomic mass is 19.1. The number of Topliss-reactive ketones (excluding diaryl/α,β-unsaturated/α-hetero) is 1. The first-order valence-corrected chi connectivity index (χ1v) is 8.38. The Balaban J connectivity index is 2.03. The van der Waals surface area contributed by atoms with E-state index < -0.39 is 6.17 Å². The zero-order valence-electron chi connectivity index (χ0n) is 15.0. The van der Waals surface area contributed by atoms with Crippen LogP contribution in [-0.2, 0) is 6.54 Å². The second-order valence-corrected chi connectivity index (χ2v) is 6.28. The number of aromatic nitrogens is 4. The number of hydrogen-bond donors (Lipinski definition) is 0. The number of carbonyl (C=O) groups is 1. The largest absolute Gasteiger partial charge is 0.293 e. The number of halogens is 1. The van der Waals surface area contributed by atoms with Crippen molar-refractivity contribution in [1.29, 1.82) is 0 Å². The van der Waals surface area contributed by atoms with Gasteiger partial charge in [0, 0.05) is 23.6 Å². The van der Waals surface area contributed by atoms with Crippen LogP contribution in [0.5, 0.6) is 0 Å². The van der Waals surface area contributed by atoms with Crippen LogP contribution in [-0.4, -0.2) is 44.2 Å². The third kappa shape index (κ3) is 3.82. The Morgan fingerprint density at radius 3 is 2.69 bits per heavy atom. The van der Waals surface area contributed by atoms with Crippen LogP contribution in [0.25, 0.3) is 22.0 Å². The summed E-state index contributed by atoms with van der Waals surface area (Å²) in [6.45, 7) is 5.35. The zero-order valence-corrected chi connectivity index (χ0v) is 15.0. The number of fused-ring (bicyclic) bond motifs is 1. The van der Waals surface area contributed by atoms with E-state index in [2.05, 4.69) is 20.3 Å². The van der Waals surface area contributed by atoms with Gasteiger partial charge >= 0.3 is 0 Å². The predicted molar refractivity (Wildman–Crippen MR) is 99.3 cm³/mol. The summed E-state index contributed by atoms with van der Waals surface area (Å²) in [5.41, 5.74) is 3.86. The molecule has 3 rings (SSSR count). The van der Waals surface area contributed by atoms with Crippen molar-refractivity contribution in [2.45, 2.75) is 33.5 Å². The van der Waals surface area contributed by atoms with Crippen LogP contribution in [0.3, 0.4) is 0 Å². The molecule has 0 saturated carbocycles. The molecule has 1 aromatic carbocycles. The maximum absolute atomic E-state index is 13.0. The quantitative estimate of drug-likeness (QED) is 0.502. The Morgan fingerprint density at radius 1 is 1.23 bits per heavy atom. The van der Waals surface area contributed by atoms with Crippen molar-refractivity contribution in [1.82, 2.24) is 20.0 Å². The molecular weight excluding hydrogens is 333 g/mol. The molecule has 7 heteroatoms. The number of ketones is 1. The third-order valence-corrected chi connectivity index (χ3v) is 3.99. The van der Waals surface area contributed by atoms with Crippen molar-refractivity contribution in [2.24, 2.45) is 4.99 Å². The fraction of sp³-hybridized carbons (Fsp3) is 0.316. The van der Waals surface area contributed by atoms with Gasteiger partial charge in [0.1, 0.15) is 11.9 Å². The van der Waals surface area contributed by atoms with Gasteiger partial charge in [-0.3, -0.25) is 14.5 Å². The Bertz CT molecular complexity index is 963. The average molecular weight is 353 g/mol. The van der Waals surface area contributed by atoms with E-state index in [0.717, 1.165) is 27.7 Å². The molecule has 0 N–H and O–H groups in total. The summed E-state index contributed by atoms with van der Waals surface area (Å²) in [6.07, 6.45) is 2.32. The molecule has 0 radical (unpaired) electrons. The average Bonchev–Trinajstić information content (AvgIpc) is 2.99. The summed E-state index contributed by atoms with van der Waals surface area (Å²) in [4.78, 5) is 16.3. The summed E-state index contributed by atoms with van der Waals surface area (Å²) in [5, 5.41) is 12.9. The topological polar surface area (TPSA) is 73.0 Å². The Morgan fingerprint density at radius 2 is 2.04 bits per heavy atom. The maximum atomic E-state index is 13.0. The number of aliphatic imine (C=N–C) groups is 1. The van der Waals surface area contributed by atoms with Gasteiger partial charge in [-0.15, -0.1) is 0 Å². The second kappa shape index (κ2) is 7.51. The van der Waals surface area contributed by atoms with Crippen LogP contribution in [0.15, 0.2) is 41.7 Å². The van der Waals surface area contributed by atoms with Crippen molar-refractivity contribution in [2.75, 3.05) is 6.54 Å². The van der Waals surface area contributed by atoms with Gasteiger partial charge in [0.15, 0.2) is 5.78 Å². The summed E-state index contributed by atoms with van der Waals surface area (Å²) in [6, 6.07) is 7.68. The minimum absolute atomic E-state index is 0.106. The molecule has 26 heavy (non-hydrogen) atoms. The van der Waals surface area contributed by atoms with Crippen molar-refractivity contribution >= 4 is 22.4 Å². The van der Waals surface area contributed by atoms with Crippen LogP contribution in [0.4, 0.5) is 4.39 Å². The van der Waals surface area contributed by atoms with E-state index >= 15 is 0 Å². The second-order valence-electron chi connectivity index (χ2n) is 6.28. The van der Waals surface area contributed by atoms with Crippen LogP contribution >= 0.6 is 0 Å². The first-order chi connectivity index (χ1) is 12.5. The van der Waals surface area contributed by atoms with Crippen LogP contribution < -0.4 is 0 Å². The highest BCUT2D eigenvalue weighted by molar-refractivity contribution is 6.06. The fourth-order valence-corrected chi connectivity index (χ4v) is 2.75. The maximum Gasteiger partial charge on any atom is 0.180 e. The molecule has 0 aliphatic heterocycles. The van der Waals surface area contributed by atoms with E-state index in [-0.39, 0.29) is 12.3 Å². The van der Waals surface area contributed by atoms with Crippen LogP contribution in [0.1, 0.15) is 31.3 Å². The molecule has 3 aromatic rings. The van der Waals surface area contributed by atoms with Crippen molar-refractivity contribution < 1.29 is 9.18 Å². The minimum Gasteiger partial charge on any atom is -0.293 e. The number of hydrogen-bond acceptors (Lipinski definition) is 5. The van der Waals surface area contributed by atoms with Crippen LogP contribution in [0.2, 0.25) is 0 Å². The monoisotopic (exact) mass is 353 g/mol. The molecule has 2 aromatic heterocycles. The van der Waals surface area contributed by atoms with Gasteiger partial charge in [0.25, 0.3) is 0 Å². The summed E-state index contributed by atoms with van der Waals surface area (Å²) in [7, 11) is 0. The molecule has 0 aliphatic carbocycles. The first kappa shape index (κ1) is 17.8. The van der Waals surface area contributed by atoms with Gasteiger partial charge in [-0.05, 0) is 37.6 Å². The van der Waals surface area contributed by atoms with Gasteiger partial charge in [-0.25, -0.2) is 4.39 Å². The summed E-state index contributed by atoms with van der Waals surface area (Å²) in [5.74, 6) is -0.106. The fourth-order valence-electron chi connectivity index (χ4n) is 2.75. The van der Waals surface area contributed by atoms with Crippen LogP contribution in [0, 0.1) is 0 Å². The zero-order chi connectivity index (χ0) is 18.7. The van der Waals surface area contributed by atoms with Crippen molar-refractivity contribution in [3.05, 3.63) is 42.4 Å². The molecule has 0 saturated heterocycles. The summed E-state index contributed by atoms with van der Waals surface area (Å²) >= 11 is 0. The molecule has 1 atom stereocenters. The van der Waals surface area contributed by atoms with Crippen molar-refractivity contribution in [3.8, 4) is 11.1 Å². The number of rotatable bonds is 6. The van der Waals surface area contributed by atoms with E-state index in [1.165, 1.54) is 13.8 Å². The Labute approximate surface area is 150 Å². The standard InChI is InChI=1S/C19H20FN5O/c1-12(20)9-21-13(2)11-25-18-5-4-15(16-6-7-22-23-10-16)8-17(18)19(24-25)14(3)26/h4-8,10,12H,9,11H2,1-3H3. The molecule has 0 bridgehead atoms. The Hall–Kier alpha value is -2.96. The van der Waals surface area contributed by atoms with E-state index in [9.17, 15) is 9.18 Å². The Kier molecular flexibility index (Phi) is 5.16. The summed E-state index contributed by atoms with van der Waals surface area (Å²) < 4.78 is 14.7. The lowest BCUT2D eigenvalue weighted by molar-refractivity contribution is 0.101. The molecule has 1 unspecified atom stereocenters. The number of carbonyl (C=O) groups excluding carboxylic acids is 1.